The highest BCUT2D eigenvalue weighted by Gasteiger charge is 2.23. The van der Waals surface area contributed by atoms with E-state index in [1.54, 1.807) is 0 Å². The maximum Gasteiger partial charge on any atom is 0.330 e. The highest BCUT2D eigenvalue weighted by molar-refractivity contribution is 5.81. The first-order valence-electron chi connectivity index (χ1n) is 20.7. The van der Waals surface area contributed by atoms with Crippen LogP contribution in [-0.2, 0) is 60.9 Å². The molecule has 6 nitrogen and oxygen atoms in total. The summed E-state index contributed by atoms with van der Waals surface area (Å²) in [6, 6.07) is 17.1. The summed E-state index contributed by atoms with van der Waals surface area (Å²) >= 11 is 0. The van der Waals surface area contributed by atoms with Gasteiger partial charge in [0.05, 0.1) is 0 Å². The number of benzene rings is 4. The number of carbonyl (C=O) groups is 1. The molecule has 0 aliphatic heterocycles. The minimum absolute atomic E-state index is 0.0621. The maximum atomic E-state index is 12.1. The summed E-state index contributed by atoms with van der Waals surface area (Å²) in [6.07, 6.45) is 14.7. The molecule has 0 unspecified atom stereocenters. The smallest absolute Gasteiger partial charge is 0.330 e. The van der Waals surface area contributed by atoms with Crippen molar-refractivity contribution in [3.8, 4) is 23.0 Å². The van der Waals surface area contributed by atoms with E-state index in [-0.39, 0.29) is 30.5 Å². The molecular weight excluding hydrogens is 685 g/mol. The number of esters is 1. The van der Waals surface area contributed by atoms with Gasteiger partial charge in [-0.25, -0.2) is 4.79 Å². The highest BCUT2D eigenvalue weighted by atomic mass is 16.6. The Bertz CT molecular complexity index is 1830. The van der Waals surface area contributed by atoms with Crippen LogP contribution in [0.15, 0.2) is 61.2 Å². The van der Waals surface area contributed by atoms with Crippen LogP contribution in [0.25, 0.3) is 0 Å². The summed E-state index contributed by atoms with van der Waals surface area (Å²) in [7, 11) is 0. The fourth-order valence-electron chi connectivity index (χ4n) is 7.85. The van der Waals surface area contributed by atoms with Crippen molar-refractivity contribution in [2.24, 2.45) is 0 Å². The molecule has 294 valence electrons. The molecule has 1 aliphatic rings. The lowest BCUT2D eigenvalue weighted by molar-refractivity contribution is -0.138. The van der Waals surface area contributed by atoms with Crippen LogP contribution < -0.4 is 4.74 Å². The number of fused-ring (bicyclic) bond motifs is 8. The zero-order valence-corrected chi connectivity index (χ0v) is 33.7. The molecule has 0 fully saturated rings. The molecule has 0 amide bonds. The quantitative estimate of drug-likeness (QED) is 0.0498. The van der Waals surface area contributed by atoms with E-state index in [0.29, 0.717) is 31.4 Å². The van der Waals surface area contributed by atoms with Crippen LogP contribution >= 0.6 is 0 Å². The molecular formula is C49H62O6. The largest absolute Gasteiger partial charge is 0.507 e. The Balaban J connectivity index is 1.77. The Labute approximate surface area is 329 Å². The van der Waals surface area contributed by atoms with Gasteiger partial charge >= 0.3 is 5.97 Å². The van der Waals surface area contributed by atoms with Crippen LogP contribution in [0.1, 0.15) is 146 Å². The number of phenolic OH excluding ortho intramolecular Hbond substituents is 3. The summed E-state index contributed by atoms with van der Waals surface area (Å²) < 4.78 is 11.9. The van der Waals surface area contributed by atoms with Crippen LogP contribution in [0.2, 0.25) is 0 Å². The Hall–Kier alpha value is -4.71. The lowest BCUT2D eigenvalue weighted by Crippen LogP contribution is -2.13. The molecule has 0 radical (unpaired) electrons. The number of carbonyl (C=O) groups excluding carboxylic acids is 1. The first-order chi connectivity index (χ1) is 26.7. The van der Waals surface area contributed by atoms with E-state index in [1.165, 1.54) is 5.56 Å². The zero-order valence-electron chi connectivity index (χ0n) is 33.7. The highest BCUT2D eigenvalue weighted by Crippen LogP contribution is 2.40. The molecule has 3 N–H and O–H groups in total. The minimum Gasteiger partial charge on any atom is -0.507 e. The predicted molar refractivity (Wildman–Crippen MR) is 223 cm³/mol. The number of hydrogen-bond acceptors (Lipinski definition) is 6. The average molecular weight is 747 g/mol. The lowest BCUT2D eigenvalue weighted by atomic mass is 9.87. The monoisotopic (exact) mass is 746 g/mol. The molecule has 0 aromatic heterocycles. The van der Waals surface area contributed by atoms with Crippen LogP contribution in [0.4, 0.5) is 0 Å². The Morgan fingerprint density at radius 1 is 0.527 bits per heavy atom. The molecule has 0 heterocycles. The fourth-order valence-corrected chi connectivity index (χ4v) is 7.85. The normalized spacial score (nSPS) is 12.4. The van der Waals surface area contributed by atoms with Crippen molar-refractivity contribution in [1.82, 2.24) is 0 Å². The third-order valence-electron chi connectivity index (χ3n) is 10.8. The molecule has 5 rings (SSSR count). The SMILES string of the molecule is C=CC(=O)OCCOc1c2cc(CCCC)cc1Cc1cc(CCCC)cc(c1O)Cc1cc(CCCC)cc(c1O)Cc1cc(CCCC)cc(c1O)C2. The van der Waals surface area contributed by atoms with Crippen molar-refractivity contribution < 1.29 is 29.6 Å². The Morgan fingerprint density at radius 3 is 1.11 bits per heavy atom. The Morgan fingerprint density at radius 2 is 0.818 bits per heavy atom. The maximum absolute atomic E-state index is 12.1. The number of aromatic hydroxyl groups is 3. The number of aryl methyl sites for hydroxylation is 4. The van der Waals surface area contributed by atoms with Gasteiger partial charge in [-0.2, -0.15) is 0 Å². The summed E-state index contributed by atoms with van der Waals surface area (Å²) in [4.78, 5) is 11.9. The van der Waals surface area contributed by atoms with Crippen LogP contribution in [0.3, 0.4) is 0 Å². The van der Waals surface area contributed by atoms with E-state index in [9.17, 15) is 20.1 Å². The third-order valence-corrected chi connectivity index (χ3v) is 10.8. The average Bonchev–Trinajstić information content (AvgIpc) is 3.18. The fraction of sp³-hybridized carbons (Fsp3) is 0.449. The first-order valence-corrected chi connectivity index (χ1v) is 20.7. The molecule has 0 saturated carbocycles. The van der Waals surface area contributed by atoms with E-state index in [0.717, 1.165) is 144 Å². The topological polar surface area (TPSA) is 96.2 Å². The second-order valence-electron chi connectivity index (χ2n) is 15.4. The van der Waals surface area contributed by atoms with Crippen molar-refractivity contribution in [1.29, 1.82) is 0 Å². The second kappa shape index (κ2) is 20.3. The van der Waals surface area contributed by atoms with Crippen LogP contribution in [0.5, 0.6) is 23.0 Å². The van der Waals surface area contributed by atoms with E-state index >= 15 is 0 Å². The van der Waals surface area contributed by atoms with Gasteiger partial charge in [-0.05, 0) is 118 Å². The molecule has 8 bridgehead atoms. The number of rotatable bonds is 17. The van der Waals surface area contributed by atoms with Gasteiger partial charge < -0.3 is 24.8 Å². The van der Waals surface area contributed by atoms with Gasteiger partial charge in [-0.15, -0.1) is 0 Å². The molecule has 4 aromatic carbocycles. The molecule has 0 atom stereocenters. The van der Waals surface area contributed by atoms with Crippen molar-refractivity contribution in [3.05, 3.63) is 128 Å². The molecule has 0 saturated heterocycles. The number of unbranched alkanes of at least 4 members (excludes halogenated alkanes) is 4. The van der Waals surface area contributed by atoms with Gasteiger partial charge in [0, 0.05) is 31.8 Å². The van der Waals surface area contributed by atoms with Crippen LogP contribution in [-0.4, -0.2) is 34.5 Å². The number of phenols is 3. The number of ether oxygens (including phenoxy) is 2. The molecule has 6 heteroatoms. The molecule has 55 heavy (non-hydrogen) atoms. The van der Waals surface area contributed by atoms with Gasteiger partial charge in [0.25, 0.3) is 0 Å². The standard InChI is InChI=1S/C49H62O6/c1-6-11-15-33-21-37-29-39-23-34(16-12-7-2)25-41(47(39)52)31-43-27-36(18-14-9-4)28-44(49(43)55-20-19-54-45(50)10-5)32-42-26-35(17-13-8-3)24-40(48(42)53)30-38(22-33)46(37)51/h10,21-28,51-53H,5-9,11-20,29-32H2,1-4H3. The lowest BCUT2D eigenvalue weighted by Gasteiger charge is -2.22. The minimum atomic E-state index is -0.503. The van der Waals surface area contributed by atoms with E-state index < -0.39 is 5.97 Å². The van der Waals surface area contributed by atoms with Gasteiger partial charge in [0.1, 0.15) is 36.2 Å². The van der Waals surface area contributed by atoms with Crippen molar-refractivity contribution >= 4 is 5.97 Å². The van der Waals surface area contributed by atoms with Crippen molar-refractivity contribution in [2.45, 2.75) is 130 Å². The predicted octanol–water partition coefficient (Wildman–Crippen LogP) is 11.0. The van der Waals surface area contributed by atoms with Crippen molar-refractivity contribution in [2.75, 3.05) is 13.2 Å². The molecule has 4 aromatic rings. The van der Waals surface area contributed by atoms with E-state index in [2.05, 4.69) is 82.8 Å². The van der Waals surface area contributed by atoms with Gasteiger partial charge in [-0.1, -0.05) is 108 Å². The van der Waals surface area contributed by atoms with Gasteiger partial charge in [0.15, 0.2) is 0 Å². The second-order valence-corrected chi connectivity index (χ2v) is 15.4. The molecule has 0 spiro atoms. The summed E-state index contributed by atoms with van der Waals surface area (Å²) in [5.41, 5.74) is 11.3. The summed E-state index contributed by atoms with van der Waals surface area (Å²) in [5.74, 6) is 0.886. The summed E-state index contributed by atoms with van der Waals surface area (Å²) in [6.45, 7) is 12.5. The van der Waals surface area contributed by atoms with Gasteiger partial charge in [0.2, 0.25) is 0 Å². The summed E-state index contributed by atoms with van der Waals surface area (Å²) in [5, 5.41) is 36.1. The first kappa shape index (κ1) is 41.5. The molecule has 1 aliphatic carbocycles. The zero-order chi connectivity index (χ0) is 39.3. The Kier molecular flexibility index (Phi) is 15.3. The van der Waals surface area contributed by atoms with Crippen LogP contribution in [0, 0.1) is 0 Å². The van der Waals surface area contributed by atoms with Crippen molar-refractivity contribution in [3.63, 3.8) is 0 Å². The number of hydrogen-bond donors (Lipinski definition) is 3. The van der Waals surface area contributed by atoms with E-state index in [4.69, 9.17) is 9.47 Å². The van der Waals surface area contributed by atoms with E-state index in [1.807, 2.05) is 0 Å². The van der Waals surface area contributed by atoms with Gasteiger partial charge in [-0.3, -0.25) is 0 Å². The third kappa shape index (κ3) is 11.0.